The molecular weight excluding hydrogens is 628 g/mol. The lowest BCUT2D eigenvalue weighted by atomic mass is 9.86. The third-order valence-corrected chi connectivity index (χ3v) is 10.0. The summed E-state index contributed by atoms with van der Waals surface area (Å²) in [6, 6.07) is 40.2. The summed E-state index contributed by atoms with van der Waals surface area (Å²) in [6.07, 6.45) is 0. The summed E-state index contributed by atoms with van der Waals surface area (Å²) in [7, 11) is 0. The van der Waals surface area contributed by atoms with E-state index in [9.17, 15) is 0 Å². The summed E-state index contributed by atoms with van der Waals surface area (Å²) in [4.78, 5) is 4.61. The van der Waals surface area contributed by atoms with Crippen LogP contribution in [0, 0.1) is 6.92 Å². The third kappa shape index (κ3) is 8.13. The predicted molar refractivity (Wildman–Crippen MR) is 220 cm³/mol. The molecule has 0 aliphatic carbocycles. The molecule has 5 rings (SSSR count). The summed E-state index contributed by atoms with van der Waals surface area (Å²) in [5, 5.41) is 0.690. The highest BCUT2D eigenvalue weighted by molar-refractivity contribution is 6.36. The predicted octanol–water partition coefficient (Wildman–Crippen LogP) is 14.8. The zero-order valence-corrected chi connectivity index (χ0v) is 33.4. The van der Waals surface area contributed by atoms with E-state index in [-0.39, 0.29) is 21.7 Å². The number of hydrogen-bond acceptors (Lipinski definition) is 2. The zero-order valence-electron chi connectivity index (χ0n) is 32.7. The van der Waals surface area contributed by atoms with Gasteiger partial charge in [-0.3, -0.25) is 0 Å². The molecule has 0 saturated carbocycles. The molecule has 0 aliphatic rings. The Labute approximate surface area is 308 Å². The third-order valence-electron chi connectivity index (χ3n) is 9.63. The second-order valence-electron chi connectivity index (χ2n) is 18.0. The molecule has 2 nitrogen and oxygen atoms in total. The molecule has 0 saturated heterocycles. The lowest BCUT2D eigenvalue weighted by Crippen LogP contribution is -2.17. The van der Waals surface area contributed by atoms with Crippen LogP contribution in [-0.2, 0) is 21.7 Å². The van der Waals surface area contributed by atoms with Crippen LogP contribution >= 0.6 is 11.6 Å². The Hall–Kier alpha value is -4.01. The van der Waals surface area contributed by atoms with Crippen LogP contribution in [0.2, 0.25) is 5.02 Å². The van der Waals surface area contributed by atoms with E-state index in [1.165, 1.54) is 22.3 Å². The SMILES string of the molecule is Cc1cc(N(c2ccc(C(C)(C)C)cc2)c2ccc(C(C)(C)C)cc2)c(Cl)c(N(c2ccc(C(C)(C)C)cc2)c2ccc(C(C)(C)C)cc2)c1. The van der Waals surface area contributed by atoms with Crippen molar-refractivity contribution in [3.63, 3.8) is 0 Å². The quantitative estimate of drug-likeness (QED) is 0.176. The van der Waals surface area contributed by atoms with Crippen molar-refractivity contribution in [2.45, 2.75) is 112 Å². The number of aryl methyl sites for hydroxylation is 1. The Bertz CT molecular complexity index is 1650. The number of anilines is 6. The van der Waals surface area contributed by atoms with E-state index in [1.54, 1.807) is 0 Å². The van der Waals surface area contributed by atoms with E-state index in [0.717, 1.165) is 39.7 Å². The van der Waals surface area contributed by atoms with Gasteiger partial charge in [-0.05, 0) is 117 Å². The molecule has 50 heavy (non-hydrogen) atoms. The molecule has 5 aromatic carbocycles. The molecule has 262 valence electrons. The van der Waals surface area contributed by atoms with Crippen molar-refractivity contribution >= 4 is 45.7 Å². The van der Waals surface area contributed by atoms with Crippen LogP contribution in [0.25, 0.3) is 0 Å². The van der Waals surface area contributed by atoms with E-state index in [4.69, 9.17) is 11.6 Å². The number of nitrogens with zero attached hydrogens (tertiary/aromatic N) is 2. The van der Waals surface area contributed by atoms with Crippen LogP contribution in [-0.4, -0.2) is 0 Å². The number of halogens is 1. The first-order chi connectivity index (χ1) is 23.1. The lowest BCUT2D eigenvalue weighted by Gasteiger charge is -2.32. The topological polar surface area (TPSA) is 6.48 Å². The van der Waals surface area contributed by atoms with Gasteiger partial charge in [-0.2, -0.15) is 0 Å². The smallest absolute Gasteiger partial charge is 0.0887 e. The fourth-order valence-corrected chi connectivity index (χ4v) is 6.63. The Morgan fingerprint density at radius 3 is 0.740 bits per heavy atom. The maximum Gasteiger partial charge on any atom is 0.0887 e. The highest BCUT2D eigenvalue weighted by Crippen LogP contribution is 2.48. The summed E-state index contributed by atoms with van der Waals surface area (Å²) in [6.45, 7) is 29.2. The van der Waals surface area contributed by atoms with Gasteiger partial charge in [0.25, 0.3) is 0 Å². The van der Waals surface area contributed by atoms with E-state index in [0.29, 0.717) is 5.02 Å². The minimum absolute atomic E-state index is 0.0530. The van der Waals surface area contributed by atoms with Gasteiger partial charge in [-0.25, -0.2) is 0 Å². The Morgan fingerprint density at radius 1 is 0.360 bits per heavy atom. The van der Waals surface area contributed by atoms with E-state index in [2.05, 4.69) is 209 Å². The first-order valence-corrected chi connectivity index (χ1v) is 18.3. The van der Waals surface area contributed by atoms with Gasteiger partial charge in [0.05, 0.1) is 16.4 Å². The fraction of sp³-hybridized carbons (Fsp3) is 0.362. The van der Waals surface area contributed by atoms with Crippen molar-refractivity contribution in [1.82, 2.24) is 0 Å². The number of rotatable bonds is 6. The molecule has 0 atom stereocenters. The summed E-state index contributed by atoms with van der Waals surface area (Å²) in [5.41, 5.74) is 12.7. The molecular formula is C47H57ClN2. The molecule has 0 radical (unpaired) electrons. The highest BCUT2D eigenvalue weighted by atomic mass is 35.5. The highest BCUT2D eigenvalue weighted by Gasteiger charge is 2.25. The summed E-state index contributed by atoms with van der Waals surface area (Å²) >= 11 is 7.70. The largest absolute Gasteiger partial charge is 0.309 e. The van der Waals surface area contributed by atoms with Gasteiger partial charge in [0.15, 0.2) is 0 Å². The molecule has 0 spiro atoms. The van der Waals surface area contributed by atoms with Gasteiger partial charge < -0.3 is 9.80 Å². The molecule has 5 aromatic rings. The van der Waals surface area contributed by atoms with Crippen LogP contribution in [0.4, 0.5) is 34.1 Å². The van der Waals surface area contributed by atoms with Crippen molar-refractivity contribution in [1.29, 1.82) is 0 Å². The molecule has 0 aromatic heterocycles. The molecule has 3 heteroatoms. The monoisotopic (exact) mass is 684 g/mol. The molecule has 0 unspecified atom stereocenters. The van der Waals surface area contributed by atoms with Crippen molar-refractivity contribution in [2.24, 2.45) is 0 Å². The molecule has 0 fully saturated rings. The Morgan fingerprint density at radius 2 is 0.560 bits per heavy atom. The summed E-state index contributed by atoms with van der Waals surface area (Å²) < 4.78 is 0. The van der Waals surface area contributed by atoms with Gasteiger partial charge in [0, 0.05) is 22.7 Å². The second kappa shape index (κ2) is 13.6. The van der Waals surface area contributed by atoms with Crippen LogP contribution < -0.4 is 9.80 Å². The fourth-order valence-electron chi connectivity index (χ4n) is 6.35. The second-order valence-corrected chi connectivity index (χ2v) is 18.4. The Kier molecular flexibility index (Phi) is 10.1. The van der Waals surface area contributed by atoms with Crippen LogP contribution in [0.5, 0.6) is 0 Å². The van der Waals surface area contributed by atoms with E-state index >= 15 is 0 Å². The molecule has 0 aliphatic heterocycles. The number of benzene rings is 5. The van der Waals surface area contributed by atoms with E-state index in [1.807, 2.05) is 0 Å². The maximum absolute atomic E-state index is 7.70. The normalized spacial score (nSPS) is 12.6. The zero-order chi connectivity index (χ0) is 36.8. The average Bonchev–Trinajstić information content (AvgIpc) is 3.03. The first kappa shape index (κ1) is 37.3. The average molecular weight is 685 g/mol. The molecule has 0 heterocycles. The minimum atomic E-state index is 0.0530. The number of hydrogen-bond donors (Lipinski definition) is 0. The first-order valence-electron chi connectivity index (χ1n) is 18.0. The van der Waals surface area contributed by atoms with Crippen molar-refractivity contribution in [2.75, 3.05) is 9.80 Å². The maximum atomic E-state index is 7.70. The van der Waals surface area contributed by atoms with Gasteiger partial charge >= 0.3 is 0 Å². The van der Waals surface area contributed by atoms with Crippen LogP contribution in [0.15, 0.2) is 109 Å². The van der Waals surface area contributed by atoms with Crippen molar-refractivity contribution in [3.05, 3.63) is 142 Å². The molecule has 0 amide bonds. The Balaban J connectivity index is 1.74. The van der Waals surface area contributed by atoms with Crippen molar-refractivity contribution < 1.29 is 0 Å². The standard InChI is InChI=1S/C47H57ClN2/c1-32-30-41(49(37-22-14-33(15-23-37)44(2,3)4)38-24-16-34(17-25-38)45(5,6)7)43(48)42(31-32)50(39-26-18-35(19-27-39)46(8,9)10)40-28-20-36(21-29-40)47(11,12)13/h14-31H,1-13H3. The van der Waals surface area contributed by atoms with Gasteiger partial charge in [0.2, 0.25) is 0 Å². The van der Waals surface area contributed by atoms with E-state index < -0.39 is 0 Å². The van der Waals surface area contributed by atoms with Gasteiger partial charge in [-0.15, -0.1) is 0 Å². The van der Waals surface area contributed by atoms with Crippen molar-refractivity contribution in [3.8, 4) is 0 Å². The van der Waals surface area contributed by atoms with Gasteiger partial charge in [0.1, 0.15) is 0 Å². The molecule has 0 N–H and O–H groups in total. The molecule has 0 bridgehead atoms. The minimum Gasteiger partial charge on any atom is -0.309 e. The lowest BCUT2D eigenvalue weighted by molar-refractivity contribution is 0.590. The summed E-state index contributed by atoms with van der Waals surface area (Å²) in [5.74, 6) is 0. The van der Waals surface area contributed by atoms with Crippen LogP contribution in [0.3, 0.4) is 0 Å². The van der Waals surface area contributed by atoms with Crippen LogP contribution in [0.1, 0.15) is 111 Å². The van der Waals surface area contributed by atoms with Gasteiger partial charge in [-0.1, -0.05) is 143 Å².